The number of hydrogen-bond acceptors (Lipinski definition) is 2. The Morgan fingerprint density at radius 1 is 1.39 bits per heavy atom. The van der Waals surface area contributed by atoms with Gasteiger partial charge < -0.3 is 10.4 Å². The third-order valence-electron chi connectivity index (χ3n) is 3.47. The Morgan fingerprint density at radius 2 is 2.06 bits per heavy atom. The molecule has 1 aliphatic carbocycles. The molecule has 0 aliphatic heterocycles. The quantitative estimate of drug-likeness (QED) is 0.857. The van der Waals surface area contributed by atoms with Gasteiger partial charge >= 0.3 is 5.97 Å². The average molecular weight is 245 g/mol. The molecule has 0 unspecified atom stereocenters. The molecule has 1 aromatic carbocycles. The molecule has 3 nitrogen and oxygen atoms in total. The van der Waals surface area contributed by atoms with Gasteiger partial charge in [-0.1, -0.05) is 35.9 Å². The predicted octanol–water partition coefficient (Wildman–Crippen LogP) is 2.85. The standard InChI is InChI=1S/C15H19NO2/c1-10-8-11-6-4-5-7-12(11)13(10)16-9-15(2,3)14(17)18/h4-8,13,16H,9H2,1-3H3,(H,17,18)/t13-/m0/s1. The Labute approximate surface area is 108 Å². The van der Waals surface area contributed by atoms with Crippen molar-refractivity contribution >= 4 is 12.0 Å². The van der Waals surface area contributed by atoms with E-state index in [1.807, 2.05) is 12.1 Å². The average Bonchev–Trinajstić information content (AvgIpc) is 2.62. The summed E-state index contributed by atoms with van der Waals surface area (Å²) in [5.74, 6) is -0.775. The zero-order valence-electron chi connectivity index (χ0n) is 11.0. The Balaban J connectivity index is 2.12. The van der Waals surface area contributed by atoms with Crippen LogP contribution in [0.25, 0.3) is 6.08 Å². The van der Waals surface area contributed by atoms with Crippen molar-refractivity contribution in [3.8, 4) is 0 Å². The Morgan fingerprint density at radius 3 is 2.72 bits per heavy atom. The maximum atomic E-state index is 11.1. The van der Waals surface area contributed by atoms with Crippen molar-refractivity contribution in [1.82, 2.24) is 5.32 Å². The lowest BCUT2D eigenvalue weighted by atomic mass is 9.92. The van der Waals surface area contributed by atoms with Crippen molar-refractivity contribution < 1.29 is 9.90 Å². The first-order valence-electron chi connectivity index (χ1n) is 6.16. The smallest absolute Gasteiger partial charge is 0.310 e. The van der Waals surface area contributed by atoms with E-state index in [9.17, 15) is 4.79 Å². The van der Waals surface area contributed by atoms with Gasteiger partial charge in [0.1, 0.15) is 0 Å². The summed E-state index contributed by atoms with van der Waals surface area (Å²) >= 11 is 0. The second-order valence-corrected chi connectivity index (χ2v) is 5.52. The monoisotopic (exact) mass is 245 g/mol. The highest BCUT2D eigenvalue weighted by molar-refractivity contribution is 5.74. The molecule has 2 N–H and O–H groups in total. The molecule has 1 aromatic rings. The van der Waals surface area contributed by atoms with Crippen LogP contribution < -0.4 is 5.32 Å². The van der Waals surface area contributed by atoms with Gasteiger partial charge in [-0.15, -0.1) is 0 Å². The van der Waals surface area contributed by atoms with E-state index in [0.29, 0.717) is 6.54 Å². The fourth-order valence-electron chi connectivity index (χ4n) is 2.18. The van der Waals surface area contributed by atoms with Crippen LogP contribution >= 0.6 is 0 Å². The Hall–Kier alpha value is -1.61. The van der Waals surface area contributed by atoms with Gasteiger partial charge in [0.25, 0.3) is 0 Å². The van der Waals surface area contributed by atoms with Gasteiger partial charge in [-0.2, -0.15) is 0 Å². The lowest BCUT2D eigenvalue weighted by Crippen LogP contribution is -2.37. The molecule has 1 atom stereocenters. The molecule has 2 rings (SSSR count). The highest BCUT2D eigenvalue weighted by atomic mass is 16.4. The van der Waals surface area contributed by atoms with Crippen molar-refractivity contribution in [2.75, 3.05) is 6.54 Å². The fraction of sp³-hybridized carbons (Fsp3) is 0.400. The van der Waals surface area contributed by atoms with Crippen molar-refractivity contribution in [2.24, 2.45) is 5.41 Å². The van der Waals surface area contributed by atoms with Crippen LogP contribution in [0.15, 0.2) is 29.8 Å². The van der Waals surface area contributed by atoms with Crippen LogP contribution in [0, 0.1) is 5.41 Å². The first kappa shape index (κ1) is 12.8. The van der Waals surface area contributed by atoms with Crippen molar-refractivity contribution in [3.05, 3.63) is 41.0 Å². The normalized spacial score (nSPS) is 18.4. The van der Waals surface area contributed by atoms with Crippen LogP contribution in [-0.2, 0) is 4.79 Å². The van der Waals surface area contributed by atoms with Crippen LogP contribution in [0.2, 0.25) is 0 Å². The SMILES string of the molecule is CC1=Cc2ccccc2[C@H]1NCC(C)(C)C(=O)O. The van der Waals surface area contributed by atoms with E-state index in [2.05, 4.69) is 30.4 Å². The summed E-state index contributed by atoms with van der Waals surface area (Å²) in [6.45, 7) is 6.00. The lowest BCUT2D eigenvalue weighted by molar-refractivity contribution is -0.146. The first-order valence-corrected chi connectivity index (χ1v) is 6.16. The van der Waals surface area contributed by atoms with E-state index in [-0.39, 0.29) is 6.04 Å². The number of fused-ring (bicyclic) bond motifs is 1. The van der Waals surface area contributed by atoms with Gasteiger partial charge in [0, 0.05) is 6.54 Å². The maximum Gasteiger partial charge on any atom is 0.310 e. The zero-order chi connectivity index (χ0) is 13.3. The fourth-order valence-corrected chi connectivity index (χ4v) is 2.18. The minimum atomic E-state index is -0.775. The number of carbonyl (C=O) groups is 1. The maximum absolute atomic E-state index is 11.1. The van der Waals surface area contributed by atoms with E-state index in [1.54, 1.807) is 13.8 Å². The topological polar surface area (TPSA) is 49.3 Å². The number of rotatable bonds is 4. The van der Waals surface area contributed by atoms with Crippen molar-refractivity contribution in [1.29, 1.82) is 0 Å². The summed E-state index contributed by atoms with van der Waals surface area (Å²) in [5, 5.41) is 12.5. The first-order chi connectivity index (χ1) is 8.42. The molecule has 0 saturated heterocycles. The van der Waals surface area contributed by atoms with E-state index in [1.165, 1.54) is 16.7 Å². The largest absolute Gasteiger partial charge is 0.481 e. The molecule has 18 heavy (non-hydrogen) atoms. The number of benzene rings is 1. The van der Waals surface area contributed by atoms with Gasteiger partial charge in [-0.25, -0.2) is 0 Å². The summed E-state index contributed by atoms with van der Waals surface area (Å²) in [4.78, 5) is 11.1. The van der Waals surface area contributed by atoms with Gasteiger partial charge in [-0.05, 0) is 31.9 Å². The molecule has 0 fully saturated rings. The van der Waals surface area contributed by atoms with E-state index in [4.69, 9.17) is 5.11 Å². The van der Waals surface area contributed by atoms with Crippen molar-refractivity contribution in [3.63, 3.8) is 0 Å². The second-order valence-electron chi connectivity index (χ2n) is 5.52. The number of hydrogen-bond donors (Lipinski definition) is 2. The molecule has 0 heterocycles. The molecule has 0 radical (unpaired) electrons. The summed E-state index contributed by atoms with van der Waals surface area (Å²) in [7, 11) is 0. The van der Waals surface area contributed by atoms with Gasteiger partial charge in [0.2, 0.25) is 0 Å². The predicted molar refractivity (Wildman–Crippen MR) is 72.3 cm³/mol. The summed E-state index contributed by atoms with van der Waals surface area (Å²) in [6.07, 6.45) is 2.15. The number of carboxylic acids is 1. The molecule has 0 spiro atoms. The Kier molecular flexibility index (Phi) is 3.26. The van der Waals surface area contributed by atoms with Gasteiger partial charge in [0.15, 0.2) is 0 Å². The molecule has 0 amide bonds. The molecule has 1 aliphatic rings. The lowest BCUT2D eigenvalue weighted by Gasteiger charge is -2.24. The van der Waals surface area contributed by atoms with Crippen LogP contribution in [0.5, 0.6) is 0 Å². The summed E-state index contributed by atoms with van der Waals surface area (Å²) < 4.78 is 0. The van der Waals surface area contributed by atoms with Crippen LogP contribution in [0.4, 0.5) is 0 Å². The minimum Gasteiger partial charge on any atom is -0.481 e. The molecular formula is C15H19NO2. The highest BCUT2D eigenvalue weighted by Crippen LogP contribution is 2.34. The summed E-state index contributed by atoms with van der Waals surface area (Å²) in [5.41, 5.74) is 2.94. The van der Waals surface area contributed by atoms with Gasteiger partial charge in [0.05, 0.1) is 11.5 Å². The number of aliphatic carboxylic acids is 1. The van der Waals surface area contributed by atoms with Crippen LogP contribution in [0.3, 0.4) is 0 Å². The van der Waals surface area contributed by atoms with Crippen molar-refractivity contribution in [2.45, 2.75) is 26.8 Å². The molecule has 0 bridgehead atoms. The van der Waals surface area contributed by atoms with E-state index in [0.717, 1.165) is 0 Å². The number of nitrogens with one attached hydrogen (secondary N) is 1. The van der Waals surface area contributed by atoms with Crippen LogP contribution in [-0.4, -0.2) is 17.6 Å². The second kappa shape index (κ2) is 4.58. The molecule has 0 aromatic heterocycles. The number of carboxylic acid groups (broad SMARTS) is 1. The highest BCUT2D eigenvalue weighted by Gasteiger charge is 2.30. The summed E-state index contributed by atoms with van der Waals surface area (Å²) in [6, 6.07) is 8.35. The van der Waals surface area contributed by atoms with E-state index >= 15 is 0 Å². The Bertz CT molecular complexity index is 503. The third-order valence-corrected chi connectivity index (χ3v) is 3.47. The van der Waals surface area contributed by atoms with E-state index < -0.39 is 11.4 Å². The molecule has 3 heteroatoms. The van der Waals surface area contributed by atoms with Crippen LogP contribution in [0.1, 0.15) is 37.9 Å². The zero-order valence-corrected chi connectivity index (χ0v) is 11.0. The molecule has 0 saturated carbocycles. The minimum absolute atomic E-state index is 0.139. The van der Waals surface area contributed by atoms with Gasteiger partial charge in [-0.3, -0.25) is 4.79 Å². The molecular weight excluding hydrogens is 226 g/mol. The molecule has 96 valence electrons. The third kappa shape index (κ3) is 2.31.